The molecule has 0 unspecified atom stereocenters. The lowest BCUT2D eigenvalue weighted by atomic mass is 10.1. The number of hydrogen-bond acceptors (Lipinski definition) is 8. The largest absolute Gasteiger partial charge is 0.438 e. The summed E-state index contributed by atoms with van der Waals surface area (Å²) in [5.41, 5.74) is 1.12. The van der Waals surface area contributed by atoms with Crippen molar-refractivity contribution in [3.8, 4) is 29.0 Å². The van der Waals surface area contributed by atoms with Crippen LogP contribution in [0.2, 0.25) is 0 Å². The number of ether oxygens (including phenoxy) is 1. The average molecular weight is 406 g/mol. The van der Waals surface area contributed by atoms with Crippen molar-refractivity contribution in [1.29, 1.82) is 5.26 Å². The normalized spacial score (nSPS) is 10.2. The van der Waals surface area contributed by atoms with Gasteiger partial charge in [-0.05, 0) is 37.4 Å². The van der Waals surface area contributed by atoms with Crippen LogP contribution in [0.4, 0.5) is 5.69 Å². The molecule has 0 atom stereocenters. The maximum atomic E-state index is 11.4. The molecule has 0 amide bonds. The SMILES string of the molecule is CSc1nc(Oc2ccc(C(C)=O)cc2)c(C#N)c(-c2cccc([N+](=O)[O-])c2)n1. The Kier molecular flexibility index (Phi) is 5.85. The highest BCUT2D eigenvalue weighted by atomic mass is 32.2. The van der Waals surface area contributed by atoms with Crippen LogP contribution in [0.1, 0.15) is 22.8 Å². The van der Waals surface area contributed by atoms with Gasteiger partial charge in [0.15, 0.2) is 10.9 Å². The third kappa shape index (κ3) is 4.39. The van der Waals surface area contributed by atoms with Crippen molar-refractivity contribution in [3.63, 3.8) is 0 Å². The molecule has 144 valence electrons. The van der Waals surface area contributed by atoms with E-state index >= 15 is 0 Å². The first kappa shape index (κ1) is 20.0. The molecule has 3 aromatic rings. The fourth-order valence-corrected chi connectivity index (χ4v) is 2.89. The number of nitrogens with zero attached hydrogens (tertiary/aromatic N) is 4. The predicted octanol–water partition coefficient (Wildman–Crippen LogP) is 4.64. The van der Waals surface area contributed by atoms with Crippen LogP contribution in [-0.4, -0.2) is 26.9 Å². The van der Waals surface area contributed by atoms with Gasteiger partial charge in [-0.25, -0.2) is 4.98 Å². The molecule has 0 aliphatic heterocycles. The van der Waals surface area contributed by atoms with E-state index in [4.69, 9.17) is 4.74 Å². The van der Waals surface area contributed by atoms with E-state index in [2.05, 4.69) is 9.97 Å². The molecule has 0 N–H and O–H groups in total. The molecule has 0 fully saturated rings. The first-order valence-electron chi connectivity index (χ1n) is 8.32. The molecular formula is C20H14N4O4S. The average Bonchev–Trinajstić information content (AvgIpc) is 2.73. The van der Waals surface area contributed by atoms with Crippen molar-refractivity contribution in [3.05, 3.63) is 69.8 Å². The van der Waals surface area contributed by atoms with Crippen LogP contribution in [0.3, 0.4) is 0 Å². The van der Waals surface area contributed by atoms with Gasteiger partial charge in [0, 0.05) is 23.3 Å². The Balaban J connectivity index is 2.10. The molecule has 1 aromatic heterocycles. The van der Waals surface area contributed by atoms with Gasteiger partial charge in [-0.3, -0.25) is 14.9 Å². The second-order valence-electron chi connectivity index (χ2n) is 5.84. The molecule has 1 heterocycles. The van der Waals surface area contributed by atoms with E-state index in [-0.39, 0.29) is 28.6 Å². The molecule has 0 aliphatic carbocycles. The summed E-state index contributed by atoms with van der Waals surface area (Å²) in [6, 6.07) is 14.3. The van der Waals surface area contributed by atoms with Crippen LogP contribution in [0, 0.1) is 21.4 Å². The van der Waals surface area contributed by atoms with E-state index < -0.39 is 4.92 Å². The summed E-state index contributed by atoms with van der Waals surface area (Å²) in [6.07, 6.45) is 1.77. The van der Waals surface area contributed by atoms with Gasteiger partial charge in [0.05, 0.1) is 10.6 Å². The molecule has 0 radical (unpaired) electrons. The van der Waals surface area contributed by atoms with Gasteiger partial charge in [-0.2, -0.15) is 10.2 Å². The number of non-ortho nitro benzene ring substituents is 1. The van der Waals surface area contributed by atoms with Crippen molar-refractivity contribution in [2.24, 2.45) is 0 Å². The number of Topliss-reactive ketones (excluding diaryl/α,β-unsaturated/α-hetero) is 1. The second kappa shape index (κ2) is 8.50. The van der Waals surface area contributed by atoms with Crippen LogP contribution < -0.4 is 4.74 Å². The summed E-state index contributed by atoms with van der Waals surface area (Å²) in [6.45, 7) is 1.46. The molecule has 0 saturated carbocycles. The standard InChI is InChI=1S/C20H14N4O4S/c1-12(25)13-6-8-16(9-7-13)28-19-17(11-21)18(22-20(23-19)29-2)14-4-3-5-15(10-14)24(26)27/h3-10H,1-2H3. The lowest BCUT2D eigenvalue weighted by Gasteiger charge is -2.11. The number of nitro groups is 1. The van der Waals surface area contributed by atoms with Crippen LogP contribution in [0.25, 0.3) is 11.3 Å². The van der Waals surface area contributed by atoms with Crippen LogP contribution in [0.5, 0.6) is 11.6 Å². The highest BCUT2D eigenvalue weighted by molar-refractivity contribution is 7.98. The lowest BCUT2D eigenvalue weighted by Crippen LogP contribution is -2.01. The monoisotopic (exact) mass is 406 g/mol. The first-order valence-corrected chi connectivity index (χ1v) is 9.55. The molecule has 0 spiro atoms. The molecule has 8 nitrogen and oxygen atoms in total. The maximum Gasteiger partial charge on any atom is 0.270 e. The van der Waals surface area contributed by atoms with Crippen LogP contribution >= 0.6 is 11.8 Å². The molecule has 0 aliphatic rings. The molecule has 3 rings (SSSR count). The number of ketones is 1. The summed E-state index contributed by atoms with van der Waals surface area (Å²) in [5.74, 6) is 0.347. The Hall–Kier alpha value is -3.77. The summed E-state index contributed by atoms with van der Waals surface area (Å²) >= 11 is 1.25. The lowest BCUT2D eigenvalue weighted by molar-refractivity contribution is -0.384. The van der Waals surface area contributed by atoms with Gasteiger partial charge in [-0.15, -0.1) is 0 Å². The fourth-order valence-electron chi connectivity index (χ4n) is 2.53. The Bertz CT molecular complexity index is 1140. The van der Waals surface area contributed by atoms with E-state index in [0.717, 1.165) is 0 Å². The summed E-state index contributed by atoms with van der Waals surface area (Å²) < 4.78 is 5.79. The number of thioether (sulfide) groups is 1. The van der Waals surface area contributed by atoms with Gasteiger partial charge in [0.25, 0.3) is 5.69 Å². The summed E-state index contributed by atoms with van der Waals surface area (Å²) in [7, 11) is 0. The number of benzene rings is 2. The van der Waals surface area contributed by atoms with E-state index in [9.17, 15) is 20.2 Å². The Morgan fingerprint density at radius 1 is 1.21 bits per heavy atom. The van der Waals surface area contributed by atoms with Crippen molar-refractivity contribution in [1.82, 2.24) is 9.97 Å². The quantitative estimate of drug-likeness (QED) is 0.191. The van der Waals surface area contributed by atoms with Gasteiger partial charge in [-0.1, -0.05) is 23.9 Å². The van der Waals surface area contributed by atoms with Gasteiger partial charge in [0.2, 0.25) is 5.88 Å². The Labute approximate surface area is 170 Å². The Morgan fingerprint density at radius 2 is 1.93 bits per heavy atom. The van der Waals surface area contributed by atoms with Gasteiger partial charge >= 0.3 is 0 Å². The first-order chi connectivity index (χ1) is 13.9. The smallest absolute Gasteiger partial charge is 0.270 e. The predicted molar refractivity (Wildman–Crippen MR) is 107 cm³/mol. The van der Waals surface area contributed by atoms with Crippen LogP contribution in [0.15, 0.2) is 53.7 Å². The van der Waals surface area contributed by atoms with E-state index in [1.807, 2.05) is 6.07 Å². The number of nitriles is 1. The molecule has 0 bridgehead atoms. The zero-order valence-electron chi connectivity index (χ0n) is 15.4. The van der Waals surface area contributed by atoms with Gasteiger partial charge in [0.1, 0.15) is 17.4 Å². The number of carbonyl (C=O) groups excluding carboxylic acids is 1. The molecule has 9 heteroatoms. The summed E-state index contributed by atoms with van der Waals surface area (Å²) in [5, 5.41) is 21.2. The molecule has 0 saturated heterocycles. The minimum atomic E-state index is -0.514. The second-order valence-corrected chi connectivity index (χ2v) is 6.61. The topological polar surface area (TPSA) is 119 Å². The van der Waals surface area contributed by atoms with Crippen molar-refractivity contribution < 1.29 is 14.5 Å². The maximum absolute atomic E-state index is 11.4. The third-order valence-corrected chi connectivity index (χ3v) is 4.50. The zero-order valence-corrected chi connectivity index (χ0v) is 16.3. The summed E-state index contributed by atoms with van der Waals surface area (Å²) in [4.78, 5) is 30.6. The van der Waals surface area contributed by atoms with Gasteiger partial charge < -0.3 is 4.74 Å². The number of aromatic nitrogens is 2. The fraction of sp³-hybridized carbons (Fsp3) is 0.100. The minimum Gasteiger partial charge on any atom is -0.438 e. The zero-order chi connectivity index (χ0) is 21.0. The molecule has 29 heavy (non-hydrogen) atoms. The number of rotatable bonds is 6. The highest BCUT2D eigenvalue weighted by Crippen LogP contribution is 2.33. The van der Waals surface area contributed by atoms with E-state index in [1.54, 1.807) is 36.6 Å². The minimum absolute atomic E-state index is 0.0314. The molecular weight excluding hydrogens is 392 g/mol. The van der Waals surface area contributed by atoms with Crippen molar-refractivity contribution >= 4 is 23.2 Å². The highest BCUT2D eigenvalue weighted by Gasteiger charge is 2.19. The van der Waals surface area contributed by atoms with Crippen molar-refractivity contribution in [2.45, 2.75) is 12.1 Å². The number of carbonyl (C=O) groups is 1. The van der Waals surface area contributed by atoms with Crippen LogP contribution in [-0.2, 0) is 0 Å². The number of hydrogen-bond donors (Lipinski definition) is 0. The number of nitro benzene ring substituents is 1. The van der Waals surface area contributed by atoms with E-state index in [1.165, 1.54) is 36.9 Å². The third-order valence-electron chi connectivity index (χ3n) is 3.96. The van der Waals surface area contributed by atoms with Crippen molar-refractivity contribution in [2.75, 3.05) is 6.26 Å². The molecule has 2 aromatic carbocycles. The Morgan fingerprint density at radius 3 is 2.52 bits per heavy atom. The van der Waals surface area contributed by atoms with E-state index in [0.29, 0.717) is 22.0 Å².